The molecule has 5 heteroatoms. The Kier molecular flexibility index (Phi) is 6.11. The first kappa shape index (κ1) is 15.9. The number of nitrogens with zero attached hydrogens (tertiary/aromatic N) is 1. The number of amides is 2. The van der Waals surface area contributed by atoms with E-state index < -0.39 is 0 Å². The molecule has 1 aliphatic rings. The number of carbonyl (C=O) groups excluding carboxylic acids is 1. The molecule has 0 aliphatic heterocycles. The van der Waals surface area contributed by atoms with Gasteiger partial charge < -0.3 is 15.1 Å². The molecule has 0 radical (unpaired) electrons. The maximum absolute atomic E-state index is 12.0. The molecule has 1 aliphatic carbocycles. The van der Waals surface area contributed by atoms with E-state index >= 15 is 0 Å². The van der Waals surface area contributed by atoms with Gasteiger partial charge in [0, 0.05) is 12.6 Å². The largest absolute Gasteiger partial charge is 0.468 e. The van der Waals surface area contributed by atoms with Gasteiger partial charge in [0.2, 0.25) is 0 Å². The van der Waals surface area contributed by atoms with Crippen LogP contribution in [0.25, 0.3) is 0 Å². The monoisotopic (exact) mass is 293 g/mol. The zero-order valence-electron chi connectivity index (χ0n) is 13.1. The lowest BCUT2D eigenvalue weighted by atomic mass is 10.1. The SMILES string of the molecule is CN(C)C(CNC(=O)NC1CCCCCC1)c1ccco1. The van der Waals surface area contributed by atoms with E-state index in [1.165, 1.54) is 25.7 Å². The Bertz CT molecular complexity index is 409. The predicted molar refractivity (Wildman–Crippen MR) is 83.2 cm³/mol. The third-order valence-corrected chi connectivity index (χ3v) is 4.14. The summed E-state index contributed by atoms with van der Waals surface area (Å²) in [4.78, 5) is 14.1. The van der Waals surface area contributed by atoms with E-state index in [0.29, 0.717) is 12.6 Å². The van der Waals surface area contributed by atoms with E-state index in [4.69, 9.17) is 4.42 Å². The minimum Gasteiger partial charge on any atom is -0.468 e. The van der Waals surface area contributed by atoms with Crippen LogP contribution in [0, 0.1) is 0 Å². The van der Waals surface area contributed by atoms with Crippen LogP contribution in [0.3, 0.4) is 0 Å². The third-order valence-electron chi connectivity index (χ3n) is 4.14. The molecule has 21 heavy (non-hydrogen) atoms. The van der Waals surface area contributed by atoms with Gasteiger partial charge in [0.25, 0.3) is 0 Å². The lowest BCUT2D eigenvalue weighted by Gasteiger charge is -2.23. The van der Waals surface area contributed by atoms with Crippen LogP contribution >= 0.6 is 0 Å². The van der Waals surface area contributed by atoms with Crippen LogP contribution in [0.15, 0.2) is 22.8 Å². The van der Waals surface area contributed by atoms with Crippen LogP contribution in [0.1, 0.15) is 50.3 Å². The molecule has 2 N–H and O–H groups in total. The number of furan rings is 1. The van der Waals surface area contributed by atoms with Gasteiger partial charge in [-0.1, -0.05) is 25.7 Å². The summed E-state index contributed by atoms with van der Waals surface area (Å²) in [5.41, 5.74) is 0. The number of urea groups is 1. The van der Waals surface area contributed by atoms with Gasteiger partial charge in [0.1, 0.15) is 5.76 Å². The highest BCUT2D eigenvalue weighted by atomic mass is 16.3. The fourth-order valence-electron chi connectivity index (χ4n) is 2.87. The van der Waals surface area contributed by atoms with Crippen molar-refractivity contribution in [2.24, 2.45) is 0 Å². The fourth-order valence-corrected chi connectivity index (χ4v) is 2.87. The van der Waals surface area contributed by atoms with Gasteiger partial charge in [-0.25, -0.2) is 4.79 Å². The van der Waals surface area contributed by atoms with Crippen LogP contribution in [0.2, 0.25) is 0 Å². The lowest BCUT2D eigenvalue weighted by molar-refractivity contribution is 0.221. The Labute approximate surface area is 127 Å². The summed E-state index contributed by atoms with van der Waals surface area (Å²) >= 11 is 0. The van der Waals surface area contributed by atoms with Crippen molar-refractivity contribution in [2.45, 2.75) is 50.6 Å². The van der Waals surface area contributed by atoms with Crippen LogP contribution in [-0.4, -0.2) is 37.6 Å². The normalized spacial score (nSPS) is 18.2. The van der Waals surface area contributed by atoms with Crippen LogP contribution < -0.4 is 10.6 Å². The van der Waals surface area contributed by atoms with E-state index in [1.54, 1.807) is 6.26 Å². The smallest absolute Gasteiger partial charge is 0.315 e. The van der Waals surface area contributed by atoms with Crippen molar-refractivity contribution >= 4 is 6.03 Å². The molecule has 0 saturated heterocycles. The molecule has 1 fully saturated rings. The van der Waals surface area contributed by atoms with Crippen molar-refractivity contribution in [3.63, 3.8) is 0 Å². The van der Waals surface area contributed by atoms with Gasteiger partial charge in [-0.2, -0.15) is 0 Å². The Hall–Kier alpha value is -1.49. The summed E-state index contributed by atoms with van der Waals surface area (Å²) in [5, 5.41) is 6.07. The number of hydrogen-bond acceptors (Lipinski definition) is 3. The molecule has 118 valence electrons. The van der Waals surface area contributed by atoms with Crippen molar-refractivity contribution in [3.8, 4) is 0 Å². The predicted octanol–water partition coefficient (Wildman–Crippen LogP) is 2.90. The first-order valence-electron chi connectivity index (χ1n) is 7.91. The highest BCUT2D eigenvalue weighted by Gasteiger charge is 2.19. The summed E-state index contributed by atoms with van der Waals surface area (Å²) in [6, 6.07) is 4.13. The molecule has 0 aromatic carbocycles. The second kappa shape index (κ2) is 8.08. The molecular weight excluding hydrogens is 266 g/mol. The van der Waals surface area contributed by atoms with Crippen LogP contribution in [-0.2, 0) is 0 Å². The topological polar surface area (TPSA) is 57.5 Å². The van der Waals surface area contributed by atoms with E-state index in [0.717, 1.165) is 18.6 Å². The Balaban J connectivity index is 1.79. The van der Waals surface area contributed by atoms with Crippen molar-refractivity contribution in [2.75, 3.05) is 20.6 Å². The van der Waals surface area contributed by atoms with Crippen LogP contribution in [0.4, 0.5) is 4.79 Å². The summed E-state index contributed by atoms with van der Waals surface area (Å²) < 4.78 is 5.44. The van der Waals surface area contributed by atoms with E-state index in [2.05, 4.69) is 10.6 Å². The van der Waals surface area contributed by atoms with Gasteiger partial charge in [-0.15, -0.1) is 0 Å². The highest BCUT2D eigenvalue weighted by molar-refractivity contribution is 5.74. The van der Waals surface area contributed by atoms with E-state index in [-0.39, 0.29) is 12.1 Å². The van der Waals surface area contributed by atoms with E-state index in [1.807, 2.05) is 31.1 Å². The Morgan fingerprint density at radius 1 is 1.33 bits per heavy atom. The zero-order chi connectivity index (χ0) is 15.1. The molecule has 1 aromatic rings. The zero-order valence-corrected chi connectivity index (χ0v) is 13.1. The van der Waals surface area contributed by atoms with Crippen molar-refractivity contribution in [1.29, 1.82) is 0 Å². The number of carbonyl (C=O) groups is 1. The number of rotatable bonds is 5. The van der Waals surface area contributed by atoms with Crippen molar-refractivity contribution in [1.82, 2.24) is 15.5 Å². The molecule has 1 unspecified atom stereocenters. The molecule has 1 saturated carbocycles. The summed E-state index contributed by atoms with van der Waals surface area (Å²) in [6.45, 7) is 0.541. The first-order chi connectivity index (χ1) is 10.2. The molecule has 1 aromatic heterocycles. The van der Waals surface area contributed by atoms with Crippen molar-refractivity contribution in [3.05, 3.63) is 24.2 Å². The maximum atomic E-state index is 12.0. The summed E-state index contributed by atoms with van der Waals surface area (Å²) in [7, 11) is 3.97. The Morgan fingerprint density at radius 3 is 2.62 bits per heavy atom. The van der Waals surface area contributed by atoms with Gasteiger partial charge in [0.15, 0.2) is 0 Å². The van der Waals surface area contributed by atoms with Gasteiger partial charge >= 0.3 is 6.03 Å². The van der Waals surface area contributed by atoms with Gasteiger partial charge in [0.05, 0.1) is 12.3 Å². The standard InChI is InChI=1S/C16H27N3O2/c1-19(2)14(15-10-7-11-21-15)12-17-16(20)18-13-8-5-3-4-6-9-13/h7,10-11,13-14H,3-6,8-9,12H2,1-2H3,(H2,17,18,20). The maximum Gasteiger partial charge on any atom is 0.315 e. The average Bonchev–Trinajstić information content (AvgIpc) is 2.84. The minimum absolute atomic E-state index is 0.0554. The quantitative estimate of drug-likeness (QED) is 0.821. The highest BCUT2D eigenvalue weighted by Crippen LogP contribution is 2.18. The first-order valence-corrected chi connectivity index (χ1v) is 7.91. The summed E-state index contributed by atoms with van der Waals surface area (Å²) in [5.74, 6) is 0.870. The van der Waals surface area contributed by atoms with Crippen LogP contribution in [0.5, 0.6) is 0 Å². The summed E-state index contributed by atoms with van der Waals surface area (Å²) in [6.07, 6.45) is 8.89. The fraction of sp³-hybridized carbons (Fsp3) is 0.688. The average molecular weight is 293 g/mol. The molecule has 0 bridgehead atoms. The van der Waals surface area contributed by atoms with Gasteiger partial charge in [-0.05, 0) is 39.1 Å². The Morgan fingerprint density at radius 2 is 2.05 bits per heavy atom. The number of hydrogen-bond donors (Lipinski definition) is 2. The lowest BCUT2D eigenvalue weighted by Crippen LogP contribution is -2.44. The molecular formula is C16H27N3O2. The molecule has 5 nitrogen and oxygen atoms in total. The number of nitrogens with one attached hydrogen (secondary N) is 2. The third kappa shape index (κ3) is 5.08. The molecule has 2 rings (SSSR count). The molecule has 0 spiro atoms. The second-order valence-corrected chi connectivity index (χ2v) is 6.04. The van der Waals surface area contributed by atoms with Gasteiger partial charge in [-0.3, -0.25) is 4.90 Å². The minimum atomic E-state index is -0.0692. The van der Waals surface area contributed by atoms with E-state index in [9.17, 15) is 4.79 Å². The number of likely N-dealkylation sites (N-methyl/N-ethyl adjacent to an activating group) is 1. The van der Waals surface area contributed by atoms with Crippen molar-refractivity contribution < 1.29 is 9.21 Å². The molecule has 1 atom stereocenters. The second-order valence-electron chi connectivity index (χ2n) is 6.04. The molecule has 2 amide bonds. The molecule has 1 heterocycles.